The van der Waals surface area contributed by atoms with E-state index in [2.05, 4.69) is 23.2 Å². The maximum absolute atomic E-state index is 12.9. The molecule has 0 radical (unpaired) electrons. The molecule has 4 atom stereocenters. The monoisotopic (exact) mass is 371 g/mol. The zero-order valence-corrected chi connectivity index (χ0v) is 15.7. The second kappa shape index (κ2) is 6.20. The number of para-hydroxylation sites is 1. The Morgan fingerprint density at radius 1 is 1.14 bits per heavy atom. The maximum atomic E-state index is 12.9. The molecule has 2 bridgehead atoms. The van der Waals surface area contributed by atoms with Crippen LogP contribution in [0.5, 0.6) is 0 Å². The lowest BCUT2D eigenvalue weighted by Gasteiger charge is -2.37. The van der Waals surface area contributed by atoms with Crippen molar-refractivity contribution in [2.75, 3.05) is 0 Å². The number of carbonyl (C=O) groups is 2. The molecule has 0 spiro atoms. The van der Waals surface area contributed by atoms with E-state index in [9.17, 15) is 9.59 Å². The van der Waals surface area contributed by atoms with Crippen molar-refractivity contribution in [2.24, 2.45) is 28.8 Å². The van der Waals surface area contributed by atoms with Gasteiger partial charge in [-0.1, -0.05) is 36.3 Å². The molecular formula is C23H21N3O2. The molecule has 2 fully saturated rings. The second-order valence-corrected chi connectivity index (χ2v) is 7.88. The van der Waals surface area contributed by atoms with Crippen LogP contribution in [0.2, 0.25) is 0 Å². The average Bonchev–Trinajstić information content (AvgIpc) is 3.15. The summed E-state index contributed by atoms with van der Waals surface area (Å²) in [7, 11) is 0. The first-order valence-corrected chi connectivity index (χ1v) is 9.73. The third-order valence-electron chi connectivity index (χ3n) is 6.57. The van der Waals surface area contributed by atoms with Crippen molar-refractivity contribution >= 4 is 28.9 Å². The summed E-state index contributed by atoms with van der Waals surface area (Å²) in [5.74, 6) is 2.24. The molecule has 1 aromatic heterocycles. The van der Waals surface area contributed by atoms with Gasteiger partial charge in [0.1, 0.15) is 0 Å². The number of terminal acetylenes is 1. The molecule has 4 aliphatic rings. The van der Waals surface area contributed by atoms with Crippen LogP contribution in [0, 0.1) is 42.9 Å². The van der Waals surface area contributed by atoms with Crippen LogP contribution in [-0.4, -0.2) is 27.6 Å². The number of hydrazone groups is 1. The van der Waals surface area contributed by atoms with E-state index in [4.69, 9.17) is 6.42 Å². The number of fused-ring (bicyclic) bond motifs is 2. The summed E-state index contributed by atoms with van der Waals surface area (Å²) in [5, 5.41) is 6.50. The zero-order valence-electron chi connectivity index (χ0n) is 15.7. The molecular weight excluding hydrogens is 350 g/mol. The fourth-order valence-electron chi connectivity index (χ4n) is 5.20. The van der Waals surface area contributed by atoms with E-state index in [1.807, 2.05) is 35.8 Å². The quantitative estimate of drug-likeness (QED) is 0.360. The number of aromatic nitrogens is 1. The van der Waals surface area contributed by atoms with Crippen LogP contribution in [0.1, 0.15) is 24.1 Å². The SMILES string of the molecule is C#CCn1c(C)c(/C=N/N2C(=O)C3C4C=CC(CC4)C3C2=O)c2ccccc21. The Kier molecular flexibility index (Phi) is 3.77. The number of benzene rings is 1. The van der Waals surface area contributed by atoms with Gasteiger partial charge in [-0.15, -0.1) is 6.42 Å². The number of allylic oxidation sites excluding steroid dienone is 2. The van der Waals surface area contributed by atoms with Gasteiger partial charge in [0.2, 0.25) is 0 Å². The van der Waals surface area contributed by atoms with Crippen molar-refractivity contribution in [3.8, 4) is 12.3 Å². The Bertz CT molecular complexity index is 1070. The van der Waals surface area contributed by atoms with Crippen molar-refractivity contribution in [3.63, 3.8) is 0 Å². The number of nitrogens with zero attached hydrogens (tertiary/aromatic N) is 3. The molecule has 2 amide bonds. The Hall–Kier alpha value is -3.13. The molecule has 1 saturated heterocycles. The Morgan fingerprint density at radius 2 is 1.79 bits per heavy atom. The summed E-state index contributed by atoms with van der Waals surface area (Å²) < 4.78 is 2.05. The van der Waals surface area contributed by atoms with Crippen molar-refractivity contribution in [1.82, 2.24) is 9.58 Å². The molecule has 1 saturated carbocycles. The number of imide groups is 1. The van der Waals surface area contributed by atoms with Crippen molar-refractivity contribution in [2.45, 2.75) is 26.3 Å². The molecule has 28 heavy (non-hydrogen) atoms. The van der Waals surface area contributed by atoms with Crippen molar-refractivity contribution in [3.05, 3.63) is 47.7 Å². The van der Waals surface area contributed by atoms with Gasteiger partial charge in [0.05, 0.1) is 24.6 Å². The molecule has 1 aliphatic heterocycles. The number of amides is 2. The van der Waals surface area contributed by atoms with Crippen LogP contribution >= 0.6 is 0 Å². The highest BCUT2D eigenvalue weighted by atomic mass is 16.2. The first-order valence-electron chi connectivity index (χ1n) is 9.73. The van der Waals surface area contributed by atoms with Crippen LogP contribution in [-0.2, 0) is 16.1 Å². The maximum Gasteiger partial charge on any atom is 0.254 e. The molecule has 5 nitrogen and oxygen atoms in total. The van der Waals surface area contributed by atoms with E-state index in [-0.39, 0.29) is 35.5 Å². The number of rotatable bonds is 3. The van der Waals surface area contributed by atoms with E-state index < -0.39 is 0 Å². The van der Waals surface area contributed by atoms with Crippen LogP contribution in [0.25, 0.3) is 10.9 Å². The predicted octanol–water partition coefficient (Wildman–Crippen LogP) is 3.11. The van der Waals surface area contributed by atoms with E-state index in [0.717, 1.165) is 40.0 Å². The molecule has 6 rings (SSSR count). The minimum atomic E-state index is -0.239. The van der Waals surface area contributed by atoms with Gasteiger partial charge in [-0.2, -0.15) is 10.1 Å². The van der Waals surface area contributed by atoms with Gasteiger partial charge in [-0.25, -0.2) is 0 Å². The highest BCUT2D eigenvalue weighted by Crippen LogP contribution is 2.49. The van der Waals surface area contributed by atoms with Gasteiger partial charge in [0.25, 0.3) is 11.8 Å². The Morgan fingerprint density at radius 3 is 2.39 bits per heavy atom. The lowest BCUT2D eigenvalue weighted by Crippen LogP contribution is -2.38. The van der Waals surface area contributed by atoms with E-state index in [1.165, 1.54) is 0 Å². The fourth-order valence-corrected chi connectivity index (χ4v) is 5.20. The molecule has 3 aliphatic carbocycles. The molecule has 1 aromatic carbocycles. The van der Waals surface area contributed by atoms with Crippen LogP contribution in [0.4, 0.5) is 0 Å². The smallest absolute Gasteiger partial charge is 0.254 e. The molecule has 0 N–H and O–H groups in total. The fraction of sp³-hybridized carbons (Fsp3) is 0.348. The minimum absolute atomic E-state index is 0.157. The van der Waals surface area contributed by atoms with E-state index in [0.29, 0.717) is 6.54 Å². The van der Waals surface area contributed by atoms with Gasteiger partial charge < -0.3 is 4.57 Å². The van der Waals surface area contributed by atoms with Gasteiger partial charge in [-0.05, 0) is 37.7 Å². The summed E-state index contributed by atoms with van der Waals surface area (Å²) >= 11 is 0. The van der Waals surface area contributed by atoms with Crippen LogP contribution < -0.4 is 0 Å². The summed E-state index contributed by atoms with van der Waals surface area (Å²) in [5.41, 5.74) is 2.89. The predicted molar refractivity (Wildman–Crippen MR) is 107 cm³/mol. The molecule has 2 aromatic rings. The largest absolute Gasteiger partial charge is 0.333 e. The standard InChI is InChI=1S/C23H21N3O2/c1-3-12-25-14(2)18(17-6-4-5-7-19(17)25)13-24-26-22(27)20-15-8-9-16(11-10-15)21(20)23(26)28/h1,4-9,13,15-16,20-21H,10-12H2,2H3/b24-13+. The summed E-state index contributed by atoms with van der Waals surface area (Å²) in [6.45, 7) is 2.44. The minimum Gasteiger partial charge on any atom is -0.333 e. The van der Waals surface area contributed by atoms with Gasteiger partial charge in [-0.3, -0.25) is 9.59 Å². The third-order valence-corrected chi connectivity index (χ3v) is 6.57. The number of hydrogen-bond acceptors (Lipinski definition) is 3. The molecule has 140 valence electrons. The van der Waals surface area contributed by atoms with E-state index >= 15 is 0 Å². The second-order valence-electron chi connectivity index (χ2n) is 7.88. The highest BCUT2D eigenvalue weighted by Gasteiger charge is 2.56. The average molecular weight is 371 g/mol. The van der Waals surface area contributed by atoms with Gasteiger partial charge in [0.15, 0.2) is 0 Å². The summed E-state index contributed by atoms with van der Waals surface area (Å²) in [6, 6.07) is 7.95. The topological polar surface area (TPSA) is 54.7 Å². The van der Waals surface area contributed by atoms with Crippen LogP contribution in [0.15, 0.2) is 41.5 Å². The highest BCUT2D eigenvalue weighted by molar-refractivity contribution is 6.07. The Balaban J connectivity index is 1.53. The lowest BCUT2D eigenvalue weighted by molar-refractivity contribution is -0.140. The normalized spacial score (nSPS) is 28.5. The first kappa shape index (κ1) is 17.0. The van der Waals surface area contributed by atoms with Crippen LogP contribution in [0.3, 0.4) is 0 Å². The zero-order chi connectivity index (χ0) is 19.4. The lowest BCUT2D eigenvalue weighted by atomic mass is 9.63. The number of hydrogen-bond donors (Lipinski definition) is 0. The van der Waals surface area contributed by atoms with Crippen molar-refractivity contribution in [1.29, 1.82) is 0 Å². The molecule has 5 heteroatoms. The van der Waals surface area contributed by atoms with Gasteiger partial charge >= 0.3 is 0 Å². The summed E-state index contributed by atoms with van der Waals surface area (Å²) in [4.78, 5) is 25.9. The third kappa shape index (κ3) is 2.24. The van der Waals surface area contributed by atoms with Gasteiger partial charge in [0, 0.05) is 22.2 Å². The number of carbonyl (C=O) groups excluding carboxylic acids is 2. The van der Waals surface area contributed by atoms with E-state index in [1.54, 1.807) is 6.21 Å². The molecule has 4 unspecified atom stereocenters. The van der Waals surface area contributed by atoms with Crippen molar-refractivity contribution < 1.29 is 9.59 Å². The first-order chi connectivity index (χ1) is 13.6. The Labute approximate surface area is 163 Å². The summed E-state index contributed by atoms with van der Waals surface area (Å²) in [6.07, 6.45) is 13.4. The molecule has 2 heterocycles.